The molecule has 0 bridgehead atoms. The van der Waals surface area contributed by atoms with Crippen LogP contribution in [0.3, 0.4) is 0 Å². The third-order valence-corrected chi connectivity index (χ3v) is 4.85. The minimum Gasteiger partial charge on any atom is -0.354 e. The number of aromatic nitrogens is 1. The maximum atomic E-state index is 12.8. The van der Waals surface area contributed by atoms with E-state index >= 15 is 0 Å². The lowest BCUT2D eigenvalue weighted by Gasteiger charge is -2.36. The zero-order chi connectivity index (χ0) is 19.4. The van der Waals surface area contributed by atoms with E-state index in [9.17, 15) is 18.0 Å². The predicted molar refractivity (Wildman–Crippen MR) is 98.9 cm³/mol. The summed E-state index contributed by atoms with van der Waals surface area (Å²) in [5.41, 5.74) is -0.315. The summed E-state index contributed by atoms with van der Waals surface area (Å²) in [6.07, 6.45) is 1.48. The topological polar surface area (TPSA) is 45.2 Å². The zero-order valence-corrected chi connectivity index (χ0v) is 15.1. The van der Waals surface area contributed by atoms with Gasteiger partial charge in [-0.1, -0.05) is 13.0 Å². The number of nitrogens with zero attached hydrogens (tertiary/aromatic N) is 2. The van der Waals surface area contributed by atoms with E-state index in [1.807, 2.05) is 0 Å². The van der Waals surface area contributed by atoms with Crippen LogP contribution in [-0.2, 0) is 6.18 Å². The predicted octanol–water partition coefficient (Wildman–Crippen LogP) is 5.12. The fourth-order valence-corrected chi connectivity index (χ4v) is 3.42. The molecule has 1 fully saturated rings. The largest absolute Gasteiger partial charge is 0.416 e. The van der Waals surface area contributed by atoms with Gasteiger partial charge < -0.3 is 10.2 Å². The SMILES string of the molecule is CCC1CCCCN1c1cc(C(=O)Nc2cccc(C(F)(F)F)c2)ccn1. The van der Waals surface area contributed by atoms with Crippen LogP contribution in [0.15, 0.2) is 42.6 Å². The maximum Gasteiger partial charge on any atom is 0.416 e. The van der Waals surface area contributed by atoms with Crippen molar-refractivity contribution < 1.29 is 18.0 Å². The molecule has 1 atom stereocenters. The molecule has 27 heavy (non-hydrogen) atoms. The number of benzene rings is 1. The van der Waals surface area contributed by atoms with Gasteiger partial charge in [-0.2, -0.15) is 13.2 Å². The second-order valence-corrected chi connectivity index (χ2v) is 6.69. The highest BCUT2D eigenvalue weighted by atomic mass is 19.4. The number of halogens is 3. The molecular formula is C20H22F3N3O. The first-order valence-electron chi connectivity index (χ1n) is 9.10. The number of piperidine rings is 1. The van der Waals surface area contributed by atoms with Crippen molar-refractivity contribution in [2.75, 3.05) is 16.8 Å². The Morgan fingerprint density at radius 3 is 2.81 bits per heavy atom. The highest BCUT2D eigenvalue weighted by Gasteiger charge is 2.30. The monoisotopic (exact) mass is 377 g/mol. The van der Waals surface area contributed by atoms with Crippen molar-refractivity contribution in [1.82, 2.24) is 4.98 Å². The lowest BCUT2D eigenvalue weighted by atomic mass is 10.00. The summed E-state index contributed by atoms with van der Waals surface area (Å²) in [6, 6.07) is 8.28. The Hall–Kier alpha value is -2.57. The summed E-state index contributed by atoms with van der Waals surface area (Å²) < 4.78 is 38.5. The first-order valence-corrected chi connectivity index (χ1v) is 9.10. The van der Waals surface area contributed by atoms with Gasteiger partial charge >= 0.3 is 6.18 Å². The molecule has 0 saturated carbocycles. The molecule has 1 aromatic heterocycles. The van der Waals surface area contributed by atoms with E-state index in [1.165, 1.54) is 18.6 Å². The van der Waals surface area contributed by atoms with Crippen molar-refractivity contribution in [3.63, 3.8) is 0 Å². The Kier molecular flexibility index (Phi) is 5.68. The van der Waals surface area contributed by atoms with Crippen LogP contribution >= 0.6 is 0 Å². The summed E-state index contributed by atoms with van der Waals surface area (Å²) in [6.45, 7) is 3.03. The Balaban J connectivity index is 1.78. The number of hydrogen-bond acceptors (Lipinski definition) is 3. The van der Waals surface area contributed by atoms with E-state index in [4.69, 9.17) is 0 Å². The van der Waals surface area contributed by atoms with Crippen molar-refractivity contribution in [2.24, 2.45) is 0 Å². The highest BCUT2D eigenvalue weighted by Crippen LogP contribution is 2.31. The number of anilines is 2. The van der Waals surface area contributed by atoms with E-state index in [-0.39, 0.29) is 5.69 Å². The van der Waals surface area contributed by atoms with Crippen LogP contribution in [0.5, 0.6) is 0 Å². The number of pyridine rings is 1. The van der Waals surface area contributed by atoms with Crippen LogP contribution < -0.4 is 10.2 Å². The van der Waals surface area contributed by atoms with E-state index in [2.05, 4.69) is 22.1 Å². The number of alkyl halides is 3. The fraction of sp³-hybridized carbons (Fsp3) is 0.400. The number of carbonyl (C=O) groups is 1. The molecule has 1 unspecified atom stereocenters. The van der Waals surface area contributed by atoms with Crippen molar-refractivity contribution in [2.45, 2.75) is 44.8 Å². The van der Waals surface area contributed by atoms with Gasteiger partial charge in [0, 0.05) is 30.0 Å². The molecule has 4 nitrogen and oxygen atoms in total. The quantitative estimate of drug-likeness (QED) is 0.804. The number of hydrogen-bond donors (Lipinski definition) is 1. The molecule has 1 aromatic carbocycles. The van der Waals surface area contributed by atoms with Crippen LogP contribution in [0.25, 0.3) is 0 Å². The van der Waals surface area contributed by atoms with Gasteiger partial charge in [0.15, 0.2) is 0 Å². The molecule has 1 N–H and O–H groups in total. The van der Waals surface area contributed by atoms with Gasteiger partial charge in [-0.25, -0.2) is 4.98 Å². The molecule has 2 aromatic rings. The number of amides is 1. The third kappa shape index (κ3) is 4.59. The third-order valence-electron chi connectivity index (χ3n) is 4.85. The molecule has 1 aliphatic heterocycles. The molecule has 0 radical (unpaired) electrons. The van der Waals surface area contributed by atoms with Crippen LogP contribution in [0.1, 0.15) is 48.5 Å². The van der Waals surface area contributed by atoms with Crippen molar-refractivity contribution in [3.8, 4) is 0 Å². The van der Waals surface area contributed by atoms with Crippen LogP contribution in [0, 0.1) is 0 Å². The molecule has 2 heterocycles. The summed E-state index contributed by atoms with van der Waals surface area (Å²) in [4.78, 5) is 19.1. The summed E-state index contributed by atoms with van der Waals surface area (Å²) in [5, 5.41) is 2.54. The van der Waals surface area contributed by atoms with Crippen LogP contribution in [-0.4, -0.2) is 23.5 Å². The lowest BCUT2D eigenvalue weighted by Crippen LogP contribution is -2.39. The maximum absolute atomic E-state index is 12.8. The molecular weight excluding hydrogens is 355 g/mol. The Morgan fingerprint density at radius 2 is 2.07 bits per heavy atom. The van der Waals surface area contributed by atoms with E-state index in [1.54, 1.807) is 18.3 Å². The zero-order valence-electron chi connectivity index (χ0n) is 15.1. The normalized spacial score (nSPS) is 17.6. The summed E-state index contributed by atoms with van der Waals surface area (Å²) in [7, 11) is 0. The highest BCUT2D eigenvalue weighted by molar-refractivity contribution is 6.04. The van der Waals surface area contributed by atoms with Crippen molar-refractivity contribution in [3.05, 3.63) is 53.7 Å². The molecule has 0 aliphatic carbocycles. The summed E-state index contributed by atoms with van der Waals surface area (Å²) >= 11 is 0. The molecule has 3 rings (SSSR count). The van der Waals surface area contributed by atoms with Crippen molar-refractivity contribution in [1.29, 1.82) is 0 Å². The Bertz CT molecular complexity index is 807. The number of carbonyl (C=O) groups excluding carboxylic acids is 1. The molecule has 1 amide bonds. The van der Waals surface area contributed by atoms with E-state index in [0.717, 1.165) is 43.8 Å². The Morgan fingerprint density at radius 1 is 1.26 bits per heavy atom. The minimum atomic E-state index is -4.45. The second-order valence-electron chi connectivity index (χ2n) is 6.69. The standard InChI is InChI=1S/C20H22F3N3O/c1-2-17-8-3-4-11-26(17)18-12-14(9-10-24-18)19(27)25-16-7-5-6-15(13-16)20(21,22)23/h5-7,9-10,12-13,17H,2-4,8,11H2,1H3,(H,25,27). The second kappa shape index (κ2) is 7.98. The average molecular weight is 377 g/mol. The molecule has 144 valence electrons. The molecule has 1 saturated heterocycles. The van der Waals surface area contributed by atoms with Gasteiger partial charge in [-0.15, -0.1) is 0 Å². The van der Waals surface area contributed by atoms with E-state index in [0.29, 0.717) is 11.6 Å². The average Bonchev–Trinajstić information content (AvgIpc) is 2.67. The van der Waals surface area contributed by atoms with Gasteiger partial charge in [-0.3, -0.25) is 4.79 Å². The molecule has 7 heteroatoms. The molecule has 1 aliphatic rings. The first kappa shape index (κ1) is 19.2. The fourth-order valence-electron chi connectivity index (χ4n) is 3.42. The van der Waals surface area contributed by atoms with Gasteiger partial charge in [0.2, 0.25) is 0 Å². The number of rotatable bonds is 4. The smallest absolute Gasteiger partial charge is 0.354 e. The lowest BCUT2D eigenvalue weighted by molar-refractivity contribution is -0.137. The first-order chi connectivity index (χ1) is 12.9. The Labute approximate surface area is 156 Å². The van der Waals surface area contributed by atoms with Gasteiger partial charge in [0.1, 0.15) is 5.82 Å². The minimum absolute atomic E-state index is 0.109. The summed E-state index contributed by atoms with van der Waals surface area (Å²) in [5.74, 6) is 0.279. The van der Waals surface area contributed by atoms with Gasteiger partial charge in [0.05, 0.1) is 5.56 Å². The molecule has 0 spiro atoms. The van der Waals surface area contributed by atoms with Gasteiger partial charge in [0.25, 0.3) is 5.91 Å². The number of nitrogens with one attached hydrogen (secondary N) is 1. The van der Waals surface area contributed by atoms with Crippen molar-refractivity contribution >= 4 is 17.4 Å². The van der Waals surface area contributed by atoms with E-state index < -0.39 is 17.6 Å². The van der Waals surface area contributed by atoms with Gasteiger partial charge in [-0.05, 0) is 56.0 Å². The van der Waals surface area contributed by atoms with Crippen LogP contribution in [0.2, 0.25) is 0 Å². The van der Waals surface area contributed by atoms with Crippen LogP contribution in [0.4, 0.5) is 24.7 Å².